The average molecular weight is 441 g/mol. The second-order valence-corrected chi connectivity index (χ2v) is 12.8. The van der Waals surface area contributed by atoms with Crippen LogP contribution >= 0.6 is 0 Å². The number of carbonyl (C=O) groups is 1. The molecule has 0 N–H and O–H groups in total. The largest absolute Gasteiger partial charge is 0.462 e. The summed E-state index contributed by atoms with van der Waals surface area (Å²) in [7, 11) is 0. The molecule has 0 aromatic carbocycles. The highest BCUT2D eigenvalue weighted by Gasteiger charge is 2.57. The molecule has 2 nitrogen and oxygen atoms in total. The Labute approximate surface area is 197 Å². The molecule has 0 aromatic rings. The van der Waals surface area contributed by atoms with Gasteiger partial charge in [-0.2, -0.15) is 0 Å². The zero-order valence-electron chi connectivity index (χ0n) is 21.9. The van der Waals surface area contributed by atoms with Crippen LogP contribution in [-0.2, 0) is 9.53 Å². The van der Waals surface area contributed by atoms with Gasteiger partial charge in [-0.3, -0.25) is 4.79 Å². The van der Waals surface area contributed by atoms with Crippen molar-refractivity contribution < 1.29 is 9.53 Å². The highest BCUT2D eigenvalue weighted by molar-refractivity contribution is 5.66. The lowest BCUT2D eigenvalue weighted by molar-refractivity contribution is -0.158. The third-order valence-electron chi connectivity index (χ3n) is 10.5. The Morgan fingerprint density at radius 1 is 1.09 bits per heavy atom. The van der Waals surface area contributed by atoms with E-state index in [-0.39, 0.29) is 12.1 Å². The molecular weight excluding hydrogens is 392 g/mol. The molecule has 1 unspecified atom stereocenters. The Hall–Kier alpha value is -1.05. The molecule has 32 heavy (non-hydrogen) atoms. The number of allylic oxidation sites excluding steroid dienone is 4. The summed E-state index contributed by atoms with van der Waals surface area (Å²) in [4.78, 5) is 11.6. The van der Waals surface area contributed by atoms with E-state index in [2.05, 4.69) is 53.7 Å². The minimum Gasteiger partial charge on any atom is -0.462 e. The molecule has 0 radical (unpaired) electrons. The summed E-state index contributed by atoms with van der Waals surface area (Å²) in [5, 5.41) is 0. The van der Waals surface area contributed by atoms with Gasteiger partial charge >= 0.3 is 5.97 Å². The molecule has 4 aliphatic rings. The van der Waals surface area contributed by atoms with Crippen molar-refractivity contribution in [2.75, 3.05) is 0 Å². The van der Waals surface area contributed by atoms with Gasteiger partial charge in [0.15, 0.2) is 0 Å². The van der Waals surface area contributed by atoms with Gasteiger partial charge in [-0.05, 0) is 96.0 Å². The van der Waals surface area contributed by atoms with E-state index in [1.807, 2.05) is 0 Å². The summed E-state index contributed by atoms with van der Waals surface area (Å²) < 4.78 is 5.74. The summed E-state index contributed by atoms with van der Waals surface area (Å²) in [6.45, 7) is 16.3. The minimum absolute atomic E-state index is 0.108. The van der Waals surface area contributed by atoms with Crippen LogP contribution in [-0.4, -0.2) is 12.1 Å². The summed E-state index contributed by atoms with van der Waals surface area (Å²) in [6.07, 6.45) is 16.9. The first kappa shape index (κ1) is 24.1. The van der Waals surface area contributed by atoms with Crippen LogP contribution in [0.4, 0.5) is 0 Å². The lowest BCUT2D eigenvalue weighted by atomic mass is 9.47. The molecule has 0 aliphatic heterocycles. The summed E-state index contributed by atoms with van der Waals surface area (Å²) in [5.41, 5.74) is 4.17. The van der Waals surface area contributed by atoms with Gasteiger partial charge in [-0.1, -0.05) is 73.0 Å². The highest BCUT2D eigenvalue weighted by atomic mass is 16.5. The topological polar surface area (TPSA) is 26.3 Å². The average Bonchev–Trinajstić information content (AvgIpc) is 3.07. The number of carbonyl (C=O) groups excluding carboxylic acids is 1. The molecule has 0 heterocycles. The van der Waals surface area contributed by atoms with E-state index in [4.69, 9.17) is 4.74 Å². The van der Waals surface area contributed by atoms with Crippen LogP contribution in [0.2, 0.25) is 0 Å². The second kappa shape index (κ2) is 8.95. The molecule has 2 saturated carbocycles. The Kier molecular flexibility index (Phi) is 6.74. The molecule has 0 amide bonds. The zero-order chi connectivity index (χ0) is 23.3. The normalized spacial score (nSPS) is 41.8. The van der Waals surface area contributed by atoms with Crippen LogP contribution in [0.25, 0.3) is 0 Å². The standard InChI is InChI=1S/C30H48O2/c1-19(2)9-8-10-20(3)24-13-14-26-23-11-12-25-21(4)28(32-22(5)31)16-18-30(25,7)27(23)15-17-29(24,26)6/h11,14,19-21,24-25,27-28H,8-10,12-13,15-18H2,1-7H3/t20-,21+,24-,25?,27+,28+,29-,30+/m1/s1. The van der Waals surface area contributed by atoms with Gasteiger partial charge in [0.05, 0.1) is 0 Å². The number of hydrogen-bond acceptors (Lipinski definition) is 2. The first-order valence-corrected chi connectivity index (χ1v) is 13.7. The van der Waals surface area contributed by atoms with Crippen molar-refractivity contribution in [2.45, 2.75) is 112 Å². The maximum Gasteiger partial charge on any atom is 0.302 e. The van der Waals surface area contributed by atoms with E-state index in [0.717, 1.165) is 30.6 Å². The lowest BCUT2D eigenvalue weighted by Crippen LogP contribution is -2.52. The highest BCUT2D eigenvalue weighted by Crippen LogP contribution is 2.66. The van der Waals surface area contributed by atoms with Crippen LogP contribution in [0, 0.1) is 46.3 Å². The first-order chi connectivity index (χ1) is 15.1. The number of fused-ring (bicyclic) bond motifs is 5. The summed E-state index contributed by atoms with van der Waals surface area (Å²) >= 11 is 0. The maximum atomic E-state index is 11.6. The Bertz CT molecular complexity index is 776. The van der Waals surface area contributed by atoms with E-state index in [1.165, 1.54) is 44.9 Å². The van der Waals surface area contributed by atoms with E-state index in [0.29, 0.717) is 28.6 Å². The molecule has 4 aliphatic carbocycles. The van der Waals surface area contributed by atoms with Gasteiger partial charge in [0.25, 0.3) is 0 Å². The minimum atomic E-state index is -0.115. The van der Waals surface area contributed by atoms with E-state index in [9.17, 15) is 4.79 Å². The van der Waals surface area contributed by atoms with Crippen LogP contribution in [0.3, 0.4) is 0 Å². The smallest absolute Gasteiger partial charge is 0.302 e. The van der Waals surface area contributed by atoms with Gasteiger partial charge in [0.2, 0.25) is 0 Å². The number of ether oxygens (including phenoxy) is 1. The zero-order valence-corrected chi connectivity index (χ0v) is 21.9. The van der Waals surface area contributed by atoms with Crippen molar-refractivity contribution in [2.24, 2.45) is 46.3 Å². The van der Waals surface area contributed by atoms with Crippen molar-refractivity contribution in [1.82, 2.24) is 0 Å². The molecular formula is C30H48O2. The van der Waals surface area contributed by atoms with Gasteiger partial charge < -0.3 is 4.74 Å². The van der Waals surface area contributed by atoms with E-state index >= 15 is 0 Å². The van der Waals surface area contributed by atoms with Crippen LogP contribution in [0.1, 0.15) is 106 Å². The predicted octanol–water partition coefficient (Wildman–Crippen LogP) is 8.13. The molecule has 0 spiro atoms. The first-order valence-electron chi connectivity index (χ1n) is 13.7. The van der Waals surface area contributed by atoms with Crippen molar-refractivity contribution in [3.63, 3.8) is 0 Å². The van der Waals surface area contributed by atoms with Gasteiger partial charge in [0, 0.05) is 6.92 Å². The molecule has 2 fully saturated rings. The number of esters is 1. The fraction of sp³-hybridized carbons (Fsp3) is 0.833. The SMILES string of the molecule is CC(=O)O[C@H]1CC[C@@]2(C)C(CC=C3C4=CC[C@H]([C@H](C)CCCC(C)C)[C@@]4(C)CC[C@@H]32)[C@@H]1C. The monoisotopic (exact) mass is 440 g/mol. The maximum absolute atomic E-state index is 11.6. The summed E-state index contributed by atoms with van der Waals surface area (Å²) in [6, 6.07) is 0. The fourth-order valence-corrected chi connectivity index (χ4v) is 8.65. The third-order valence-corrected chi connectivity index (χ3v) is 10.5. The summed E-state index contributed by atoms with van der Waals surface area (Å²) in [5.74, 6) is 4.12. The Balaban J connectivity index is 1.52. The van der Waals surface area contributed by atoms with Crippen molar-refractivity contribution in [3.05, 3.63) is 23.3 Å². The van der Waals surface area contributed by atoms with Crippen molar-refractivity contribution in [1.29, 1.82) is 0 Å². The van der Waals surface area contributed by atoms with E-state index < -0.39 is 0 Å². The van der Waals surface area contributed by atoms with Gasteiger partial charge in [0.1, 0.15) is 6.10 Å². The number of hydrogen-bond donors (Lipinski definition) is 0. The molecule has 0 bridgehead atoms. The van der Waals surface area contributed by atoms with Crippen molar-refractivity contribution >= 4 is 5.97 Å². The molecule has 4 rings (SSSR count). The third kappa shape index (κ3) is 4.03. The predicted molar refractivity (Wildman–Crippen MR) is 133 cm³/mol. The molecule has 2 heteroatoms. The second-order valence-electron chi connectivity index (χ2n) is 12.8. The fourth-order valence-electron chi connectivity index (χ4n) is 8.65. The van der Waals surface area contributed by atoms with Gasteiger partial charge in [-0.15, -0.1) is 0 Å². The number of rotatable bonds is 6. The Morgan fingerprint density at radius 2 is 1.84 bits per heavy atom. The van der Waals surface area contributed by atoms with Crippen molar-refractivity contribution in [3.8, 4) is 0 Å². The molecule has 180 valence electrons. The van der Waals surface area contributed by atoms with E-state index in [1.54, 1.807) is 18.1 Å². The van der Waals surface area contributed by atoms with Crippen LogP contribution in [0.5, 0.6) is 0 Å². The lowest BCUT2D eigenvalue weighted by Gasteiger charge is -2.58. The quantitative estimate of drug-likeness (QED) is 0.390. The van der Waals surface area contributed by atoms with Crippen LogP contribution in [0.15, 0.2) is 23.3 Å². The molecule has 8 atom stereocenters. The Morgan fingerprint density at radius 3 is 2.53 bits per heavy atom. The van der Waals surface area contributed by atoms with Crippen LogP contribution < -0.4 is 0 Å². The molecule has 0 saturated heterocycles. The molecule has 0 aromatic heterocycles. The van der Waals surface area contributed by atoms with Gasteiger partial charge in [-0.25, -0.2) is 0 Å².